The van der Waals surface area contributed by atoms with Crippen LogP contribution in [-0.4, -0.2) is 36.6 Å². The van der Waals surface area contributed by atoms with Crippen molar-refractivity contribution in [2.75, 3.05) is 6.54 Å². The van der Waals surface area contributed by atoms with Gasteiger partial charge in [-0.2, -0.15) is 0 Å². The molecule has 1 saturated heterocycles. The largest absolute Gasteiger partial charge is 0.548 e. The van der Waals surface area contributed by atoms with E-state index in [-0.39, 0.29) is 0 Å². The van der Waals surface area contributed by atoms with Gasteiger partial charge in [0.2, 0.25) is 11.8 Å². The van der Waals surface area contributed by atoms with Gasteiger partial charge in [-0.3, -0.25) is 25.2 Å². The van der Waals surface area contributed by atoms with Gasteiger partial charge in [0.15, 0.2) is 5.92 Å². The highest BCUT2D eigenvalue weighted by Gasteiger charge is 2.32. The van der Waals surface area contributed by atoms with Crippen molar-refractivity contribution >= 4 is 30.0 Å². The maximum atomic E-state index is 11.0. The first-order valence-corrected chi connectivity index (χ1v) is 3.86. The number of imide groups is 2. The monoisotopic (exact) mass is 212 g/mol. The molecule has 0 saturated carbocycles. The first-order chi connectivity index (χ1) is 7.00. The number of carbonyl (C=O) groups is 4. The Hall–Kier alpha value is -2.25. The number of barbiturate groups is 1. The minimum absolute atomic E-state index is 0.648. The molecule has 8 nitrogen and oxygen atoms in total. The predicted molar refractivity (Wildman–Crippen MR) is 43.5 cm³/mol. The Labute approximate surface area is 83.4 Å². The quantitative estimate of drug-likeness (QED) is 0.376. The van der Waals surface area contributed by atoms with Crippen LogP contribution in [0.5, 0.6) is 0 Å². The fourth-order valence-corrected chi connectivity index (χ4v) is 0.898. The van der Waals surface area contributed by atoms with Gasteiger partial charge >= 0.3 is 6.03 Å². The lowest BCUT2D eigenvalue weighted by atomic mass is 10.1. The van der Waals surface area contributed by atoms with Crippen molar-refractivity contribution < 1.29 is 24.3 Å². The van der Waals surface area contributed by atoms with Crippen molar-refractivity contribution in [1.29, 1.82) is 0 Å². The highest BCUT2D eigenvalue weighted by Crippen LogP contribution is 1.98. The van der Waals surface area contributed by atoms with Crippen LogP contribution in [-0.2, 0) is 14.4 Å². The fraction of sp³-hybridized carbons (Fsp3) is 0.286. The fourth-order valence-electron chi connectivity index (χ4n) is 0.898. The summed E-state index contributed by atoms with van der Waals surface area (Å²) in [6.45, 7) is -0.648. The van der Waals surface area contributed by atoms with Crippen LogP contribution in [0.1, 0.15) is 0 Å². The maximum absolute atomic E-state index is 11.0. The summed E-state index contributed by atoms with van der Waals surface area (Å²) in [6.07, 6.45) is 0.854. The number of aliphatic carboxylic acids is 1. The molecule has 1 heterocycles. The van der Waals surface area contributed by atoms with E-state index in [9.17, 15) is 24.3 Å². The second kappa shape index (κ2) is 4.31. The van der Waals surface area contributed by atoms with Gasteiger partial charge in [0.25, 0.3) is 0 Å². The van der Waals surface area contributed by atoms with Crippen molar-refractivity contribution in [3.05, 3.63) is 0 Å². The number of nitrogens with zero attached hydrogens (tertiary/aromatic N) is 1. The van der Waals surface area contributed by atoms with Crippen LogP contribution in [0, 0.1) is 5.92 Å². The molecule has 0 aromatic rings. The van der Waals surface area contributed by atoms with Crippen LogP contribution in [0.2, 0.25) is 0 Å². The van der Waals surface area contributed by atoms with Gasteiger partial charge in [-0.15, -0.1) is 0 Å². The van der Waals surface area contributed by atoms with Crippen LogP contribution in [0.3, 0.4) is 0 Å². The average molecular weight is 212 g/mol. The van der Waals surface area contributed by atoms with Gasteiger partial charge in [-0.05, 0) is 0 Å². The lowest BCUT2D eigenvalue weighted by Crippen LogP contribution is -2.56. The maximum Gasteiger partial charge on any atom is 0.328 e. The van der Waals surface area contributed by atoms with E-state index in [4.69, 9.17) is 0 Å². The molecule has 0 aromatic heterocycles. The van der Waals surface area contributed by atoms with E-state index in [0.29, 0.717) is 0 Å². The molecule has 0 bridgehead atoms. The van der Waals surface area contributed by atoms with E-state index in [1.807, 2.05) is 10.6 Å². The summed E-state index contributed by atoms with van der Waals surface area (Å²) in [5.41, 5.74) is 0. The Bertz CT molecular complexity index is 342. The van der Waals surface area contributed by atoms with E-state index < -0.39 is 36.3 Å². The van der Waals surface area contributed by atoms with E-state index in [1.54, 1.807) is 0 Å². The van der Waals surface area contributed by atoms with Crippen molar-refractivity contribution in [1.82, 2.24) is 10.6 Å². The number of aliphatic imine (C=N–C) groups is 1. The third kappa shape index (κ3) is 2.86. The lowest BCUT2D eigenvalue weighted by molar-refractivity contribution is -0.303. The van der Waals surface area contributed by atoms with Gasteiger partial charge in [0, 0.05) is 6.21 Å². The number of rotatable bonds is 3. The van der Waals surface area contributed by atoms with Crippen LogP contribution < -0.4 is 15.7 Å². The SMILES string of the molecule is O=C([O-])CN=CC1C(=O)NC(=O)NC1=O. The molecule has 0 atom stereocenters. The molecule has 8 heteroatoms. The topological polar surface area (TPSA) is 128 Å². The molecular weight excluding hydrogens is 206 g/mol. The first kappa shape index (κ1) is 10.8. The zero-order valence-corrected chi connectivity index (χ0v) is 7.35. The summed E-state index contributed by atoms with van der Waals surface area (Å²) < 4.78 is 0. The predicted octanol–water partition coefficient (Wildman–Crippen LogP) is -3.21. The molecule has 0 unspecified atom stereocenters. The van der Waals surface area contributed by atoms with Crippen LogP contribution in [0.4, 0.5) is 4.79 Å². The summed E-state index contributed by atoms with van der Waals surface area (Å²) in [7, 11) is 0. The zero-order valence-electron chi connectivity index (χ0n) is 7.35. The number of carboxylic acid groups (broad SMARTS) is 1. The van der Waals surface area contributed by atoms with Crippen molar-refractivity contribution in [3.63, 3.8) is 0 Å². The average Bonchev–Trinajstić information content (AvgIpc) is 2.08. The molecule has 80 valence electrons. The number of carbonyl (C=O) groups excluding carboxylic acids is 4. The molecule has 1 aliphatic heterocycles. The number of nitrogens with one attached hydrogen (secondary N) is 2. The Morgan fingerprint density at radius 2 is 1.87 bits per heavy atom. The number of urea groups is 1. The number of hydrogen-bond acceptors (Lipinski definition) is 6. The summed E-state index contributed by atoms with van der Waals surface area (Å²) in [5.74, 6) is -4.40. The Kier molecular flexibility index (Phi) is 3.11. The van der Waals surface area contributed by atoms with Gasteiger partial charge in [-0.1, -0.05) is 0 Å². The molecule has 1 fully saturated rings. The summed E-state index contributed by atoms with van der Waals surface area (Å²) >= 11 is 0. The number of carboxylic acids is 1. The molecular formula is C7H6N3O5-. The minimum Gasteiger partial charge on any atom is -0.548 e. The van der Waals surface area contributed by atoms with E-state index in [1.165, 1.54) is 0 Å². The molecule has 1 rings (SSSR count). The van der Waals surface area contributed by atoms with Crippen molar-refractivity contribution in [2.24, 2.45) is 10.9 Å². The normalized spacial score (nSPS) is 17.7. The minimum atomic E-state index is -1.43. The second-order valence-electron chi connectivity index (χ2n) is 2.65. The van der Waals surface area contributed by atoms with Crippen LogP contribution >= 0.6 is 0 Å². The standard InChI is InChI=1S/C7H7N3O5/c11-4(12)2-8-1-3-5(13)9-7(15)10-6(3)14/h1,3H,2H2,(H,11,12)(H2,9,10,13,14,15)/p-1. The van der Waals surface area contributed by atoms with E-state index in [0.717, 1.165) is 6.21 Å². The molecule has 2 N–H and O–H groups in total. The van der Waals surface area contributed by atoms with E-state index in [2.05, 4.69) is 4.99 Å². The Morgan fingerprint density at radius 1 is 1.33 bits per heavy atom. The number of amides is 4. The molecule has 4 amide bonds. The molecule has 15 heavy (non-hydrogen) atoms. The van der Waals surface area contributed by atoms with E-state index >= 15 is 0 Å². The third-order valence-electron chi connectivity index (χ3n) is 1.51. The molecule has 0 aromatic carbocycles. The Morgan fingerprint density at radius 3 is 2.33 bits per heavy atom. The summed E-state index contributed by atoms with van der Waals surface area (Å²) in [5, 5.41) is 13.6. The van der Waals surface area contributed by atoms with Gasteiger partial charge in [0.05, 0.1) is 12.5 Å². The van der Waals surface area contributed by atoms with Crippen LogP contribution in [0.15, 0.2) is 4.99 Å². The zero-order chi connectivity index (χ0) is 11.4. The van der Waals surface area contributed by atoms with Crippen molar-refractivity contribution in [2.45, 2.75) is 0 Å². The number of hydrogen-bond donors (Lipinski definition) is 2. The molecule has 0 spiro atoms. The third-order valence-corrected chi connectivity index (χ3v) is 1.51. The van der Waals surface area contributed by atoms with Gasteiger partial charge in [0.1, 0.15) is 0 Å². The van der Waals surface area contributed by atoms with Crippen molar-refractivity contribution in [3.8, 4) is 0 Å². The van der Waals surface area contributed by atoms with Gasteiger partial charge in [-0.25, -0.2) is 4.79 Å². The van der Waals surface area contributed by atoms with Crippen LogP contribution in [0.25, 0.3) is 0 Å². The lowest BCUT2D eigenvalue weighted by Gasteiger charge is -2.16. The van der Waals surface area contributed by atoms with Gasteiger partial charge < -0.3 is 9.90 Å². The summed E-state index contributed by atoms with van der Waals surface area (Å²) in [6, 6.07) is -0.908. The molecule has 0 aliphatic carbocycles. The molecule has 0 radical (unpaired) electrons. The summed E-state index contributed by atoms with van der Waals surface area (Å²) in [4.78, 5) is 46.0. The smallest absolute Gasteiger partial charge is 0.328 e. The Balaban J connectivity index is 2.64. The second-order valence-corrected chi connectivity index (χ2v) is 2.65. The first-order valence-electron chi connectivity index (χ1n) is 3.86. The highest BCUT2D eigenvalue weighted by molar-refractivity contribution is 6.23. The highest BCUT2D eigenvalue weighted by atomic mass is 16.4. The molecule has 1 aliphatic rings.